The fraction of sp³-hybridized carbons (Fsp3) is 1.00. The van der Waals surface area contributed by atoms with Crippen molar-refractivity contribution >= 4 is 8.07 Å². The van der Waals surface area contributed by atoms with E-state index in [1.165, 1.54) is 6.04 Å². The van der Waals surface area contributed by atoms with Gasteiger partial charge in [-0.15, -0.1) is 0 Å². The summed E-state index contributed by atoms with van der Waals surface area (Å²) in [6.45, 7) is 7.86. The maximum Gasteiger partial charge on any atom is 0.0443 e. The number of hydrogen-bond donors (Lipinski definition) is 2. The molecule has 4 N–H and O–H groups in total. The highest BCUT2D eigenvalue weighted by Gasteiger charge is 2.14. The van der Waals surface area contributed by atoms with Gasteiger partial charge in [0.05, 0.1) is 0 Å². The molecule has 0 fully saturated rings. The van der Waals surface area contributed by atoms with Crippen molar-refractivity contribution in [2.45, 2.75) is 44.6 Å². The van der Waals surface area contributed by atoms with E-state index in [9.17, 15) is 0 Å². The van der Waals surface area contributed by atoms with Crippen molar-refractivity contribution in [3.63, 3.8) is 0 Å². The largest absolute Gasteiger partial charge is 0.330 e. The van der Waals surface area contributed by atoms with Crippen LogP contribution in [0.4, 0.5) is 0 Å². The molecule has 0 radical (unpaired) electrons. The van der Waals surface area contributed by atoms with Gasteiger partial charge in [0.15, 0.2) is 0 Å². The molecule has 1 unspecified atom stereocenters. The first-order chi connectivity index (χ1) is 4.95. The van der Waals surface area contributed by atoms with Crippen molar-refractivity contribution in [1.82, 2.24) is 0 Å². The van der Waals surface area contributed by atoms with Gasteiger partial charge >= 0.3 is 0 Å². The van der Waals surface area contributed by atoms with Crippen molar-refractivity contribution < 1.29 is 0 Å². The minimum Gasteiger partial charge on any atom is -0.330 e. The van der Waals surface area contributed by atoms with Crippen LogP contribution in [-0.4, -0.2) is 20.7 Å². The van der Waals surface area contributed by atoms with Crippen molar-refractivity contribution in [2.75, 3.05) is 6.54 Å². The number of hydrogen-bond acceptors (Lipinski definition) is 2. The first kappa shape index (κ1) is 11.1. The van der Waals surface area contributed by atoms with Crippen molar-refractivity contribution in [3.05, 3.63) is 0 Å². The Labute approximate surface area is 71.4 Å². The van der Waals surface area contributed by atoms with Crippen LogP contribution in [0.25, 0.3) is 0 Å². The van der Waals surface area contributed by atoms with E-state index in [1.54, 1.807) is 0 Å². The van der Waals surface area contributed by atoms with Crippen LogP contribution in [0.5, 0.6) is 0 Å². The molecule has 0 amide bonds. The normalized spacial score (nSPS) is 15.0. The quantitative estimate of drug-likeness (QED) is 0.619. The minimum atomic E-state index is -0.870. The molecule has 0 aromatic carbocycles. The van der Waals surface area contributed by atoms with E-state index in [0.29, 0.717) is 6.04 Å². The van der Waals surface area contributed by atoms with Crippen LogP contribution in [0.3, 0.4) is 0 Å². The van der Waals surface area contributed by atoms with Gasteiger partial charge < -0.3 is 11.5 Å². The monoisotopic (exact) mass is 174 g/mol. The zero-order chi connectivity index (χ0) is 8.91. The lowest BCUT2D eigenvalue weighted by atomic mass is 10.2. The minimum absolute atomic E-state index is 0.340. The number of nitrogens with two attached hydrogens (primary N) is 2. The summed E-state index contributed by atoms with van der Waals surface area (Å²) in [6, 6.07) is 1.67. The molecule has 0 heterocycles. The van der Waals surface area contributed by atoms with Gasteiger partial charge in [0.25, 0.3) is 0 Å². The molecular weight excluding hydrogens is 152 g/mol. The summed E-state index contributed by atoms with van der Waals surface area (Å²) < 4.78 is 0. The van der Waals surface area contributed by atoms with Crippen LogP contribution in [0.15, 0.2) is 0 Å². The first-order valence-corrected chi connectivity index (χ1v) is 8.12. The molecule has 0 rings (SSSR count). The highest BCUT2D eigenvalue weighted by atomic mass is 28.3. The molecule has 2 nitrogen and oxygen atoms in total. The highest BCUT2D eigenvalue weighted by Crippen LogP contribution is 2.12. The summed E-state index contributed by atoms with van der Waals surface area (Å²) in [6.07, 6.45) is 2.14. The number of rotatable bonds is 5. The molecule has 0 aliphatic heterocycles. The maximum atomic E-state index is 5.83. The van der Waals surface area contributed by atoms with Crippen molar-refractivity contribution in [3.8, 4) is 0 Å². The molecule has 3 heteroatoms. The topological polar surface area (TPSA) is 52.0 Å². The average Bonchev–Trinajstić information content (AvgIpc) is 1.83. The fourth-order valence-electron chi connectivity index (χ4n) is 0.977. The summed E-state index contributed by atoms with van der Waals surface area (Å²) in [4.78, 5) is 0. The van der Waals surface area contributed by atoms with Crippen LogP contribution < -0.4 is 11.5 Å². The fourth-order valence-corrected chi connectivity index (χ4v) is 2.21. The van der Waals surface area contributed by atoms with Crippen LogP contribution in [0, 0.1) is 0 Å². The van der Waals surface area contributed by atoms with E-state index in [0.717, 1.165) is 19.4 Å². The third-order valence-corrected chi connectivity index (χ3v) is 3.59. The van der Waals surface area contributed by atoms with Gasteiger partial charge in [-0.1, -0.05) is 25.7 Å². The lowest BCUT2D eigenvalue weighted by molar-refractivity contribution is 0.600. The molecule has 0 saturated heterocycles. The van der Waals surface area contributed by atoms with E-state index >= 15 is 0 Å². The Kier molecular flexibility index (Phi) is 4.96. The van der Waals surface area contributed by atoms with Gasteiger partial charge in [0.2, 0.25) is 0 Å². The predicted octanol–water partition coefficient (Wildman–Crippen LogP) is 1.39. The summed E-state index contributed by atoms with van der Waals surface area (Å²) in [7, 11) is -0.870. The zero-order valence-corrected chi connectivity index (χ0v) is 9.06. The Morgan fingerprint density at radius 1 is 1.18 bits per heavy atom. The zero-order valence-electron chi connectivity index (χ0n) is 8.06. The highest BCUT2D eigenvalue weighted by molar-refractivity contribution is 6.76. The van der Waals surface area contributed by atoms with Crippen molar-refractivity contribution in [1.29, 1.82) is 0 Å². The van der Waals surface area contributed by atoms with Gasteiger partial charge in [-0.25, -0.2) is 0 Å². The predicted molar refractivity (Wildman–Crippen MR) is 54.4 cm³/mol. The van der Waals surface area contributed by atoms with Gasteiger partial charge in [-0.2, -0.15) is 0 Å². The Bertz CT molecular complexity index is 98.8. The molecule has 0 aromatic rings. The second-order valence-corrected chi connectivity index (χ2v) is 10.1. The van der Waals surface area contributed by atoms with E-state index in [-0.39, 0.29) is 0 Å². The maximum absolute atomic E-state index is 5.83. The molecule has 1 atom stereocenters. The van der Waals surface area contributed by atoms with E-state index in [4.69, 9.17) is 11.5 Å². The molecule has 11 heavy (non-hydrogen) atoms. The third-order valence-electron chi connectivity index (χ3n) is 1.80. The Hall–Kier alpha value is 0.137. The standard InChI is InChI=1S/C8H22N2Si/c1-11(2,3)7-5-8(10)4-6-9/h8H,4-7,9-10H2,1-3H3. The van der Waals surface area contributed by atoms with Gasteiger partial charge in [-0.3, -0.25) is 0 Å². The Morgan fingerprint density at radius 3 is 2.09 bits per heavy atom. The molecule has 0 aliphatic rings. The van der Waals surface area contributed by atoms with Gasteiger partial charge in [-0.05, 0) is 19.4 Å². The lowest BCUT2D eigenvalue weighted by Gasteiger charge is -2.18. The molecular formula is C8H22N2Si. The summed E-state index contributed by atoms with van der Waals surface area (Å²) in [5, 5.41) is 0. The smallest absolute Gasteiger partial charge is 0.0443 e. The van der Waals surface area contributed by atoms with E-state index in [1.807, 2.05) is 0 Å². The molecule has 68 valence electrons. The van der Waals surface area contributed by atoms with Gasteiger partial charge in [0.1, 0.15) is 0 Å². The van der Waals surface area contributed by atoms with Crippen molar-refractivity contribution in [2.24, 2.45) is 11.5 Å². The second kappa shape index (κ2) is 4.90. The average molecular weight is 174 g/mol. The third kappa shape index (κ3) is 8.04. The molecule has 0 aliphatic carbocycles. The van der Waals surface area contributed by atoms with Gasteiger partial charge in [0, 0.05) is 14.1 Å². The molecule has 0 spiro atoms. The lowest BCUT2D eigenvalue weighted by Crippen LogP contribution is -2.28. The second-order valence-electron chi connectivity index (χ2n) is 4.44. The summed E-state index contributed by atoms with van der Waals surface area (Å²) in [5.74, 6) is 0. The Balaban J connectivity index is 3.38. The van der Waals surface area contributed by atoms with E-state index in [2.05, 4.69) is 19.6 Å². The SMILES string of the molecule is C[Si](C)(C)CCC(N)CCN. The van der Waals surface area contributed by atoms with Crippen LogP contribution >= 0.6 is 0 Å². The van der Waals surface area contributed by atoms with Crippen LogP contribution in [-0.2, 0) is 0 Å². The summed E-state index contributed by atoms with van der Waals surface area (Å²) >= 11 is 0. The van der Waals surface area contributed by atoms with Crippen LogP contribution in [0.1, 0.15) is 12.8 Å². The van der Waals surface area contributed by atoms with Crippen LogP contribution in [0.2, 0.25) is 25.7 Å². The Morgan fingerprint density at radius 2 is 1.73 bits per heavy atom. The molecule has 0 bridgehead atoms. The summed E-state index contributed by atoms with van der Waals surface area (Å²) in [5.41, 5.74) is 11.2. The molecule has 0 saturated carbocycles. The van der Waals surface area contributed by atoms with E-state index < -0.39 is 8.07 Å². The first-order valence-electron chi connectivity index (χ1n) is 4.41. The molecule has 0 aromatic heterocycles.